The minimum absolute atomic E-state index is 0.190. The van der Waals surface area contributed by atoms with Crippen molar-refractivity contribution >= 4 is 17.2 Å². The second-order valence-electron chi connectivity index (χ2n) is 7.81. The summed E-state index contributed by atoms with van der Waals surface area (Å²) in [6.45, 7) is 5.94. The fourth-order valence-electron chi connectivity index (χ4n) is 3.11. The van der Waals surface area contributed by atoms with Crippen molar-refractivity contribution in [3.63, 3.8) is 0 Å². The number of amides is 1. The highest BCUT2D eigenvalue weighted by Crippen LogP contribution is 2.35. The van der Waals surface area contributed by atoms with Crippen LogP contribution in [0.2, 0.25) is 0 Å². The van der Waals surface area contributed by atoms with Crippen LogP contribution in [0.25, 0.3) is 11.4 Å². The highest BCUT2D eigenvalue weighted by molar-refractivity contribution is 7.10. The number of hydrogen-bond donors (Lipinski definition) is 1. The molecule has 0 aliphatic heterocycles. The normalized spacial score (nSPS) is 12.4. The van der Waals surface area contributed by atoms with Crippen LogP contribution in [-0.4, -0.2) is 29.9 Å². The Morgan fingerprint density at radius 1 is 1.23 bits per heavy atom. The Balaban J connectivity index is 1.87. The van der Waals surface area contributed by atoms with Crippen LogP contribution >= 0.6 is 11.3 Å². The molecule has 0 saturated carbocycles. The van der Waals surface area contributed by atoms with E-state index in [-0.39, 0.29) is 29.7 Å². The monoisotopic (exact) mass is 431 g/mol. The Morgan fingerprint density at radius 2 is 1.97 bits per heavy atom. The van der Waals surface area contributed by atoms with Crippen LogP contribution in [0.4, 0.5) is 0 Å². The summed E-state index contributed by atoms with van der Waals surface area (Å²) in [6, 6.07) is 8.84. The predicted molar refractivity (Wildman–Crippen MR) is 114 cm³/mol. The number of aromatic nitrogens is 2. The van der Waals surface area contributed by atoms with Gasteiger partial charge in [0.05, 0.1) is 20.3 Å². The summed E-state index contributed by atoms with van der Waals surface area (Å²) in [6.07, 6.45) is 0. The number of thiophene rings is 1. The molecule has 0 fully saturated rings. The van der Waals surface area contributed by atoms with Gasteiger partial charge in [0.25, 0.3) is 0 Å². The van der Waals surface area contributed by atoms with E-state index in [0.717, 1.165) is 4.88 Å². The number of carbonyl (C=O) groups excluding carboxylic acids is 1. The van der Waals surface area contributed by atoms with E-state index in [1.165, 1.54) is 18.8 Å². The molecule has 0 radical (unpaired) electrons. The zero-order chi connectivity index (χ0) is 21.9. The molecule has 2 aromatic heterocycles. The fraction of sp³-hybridized carbons (Fsp3) is 0.381. The quantitative estimate of drug-likeness (QED) is 0.615. The fourth-order valence-corrected chi connectivity index (χ4v) is 4.13. The molecule has 1 amide bonds. The minimum atomic E-state index is -0.710. The van der Waals surface area contributed by atoms with Gasteiger partial charge in [0.2, 0.25) is 5.91 Å². The maximum Gasteiger partial charge on any atom is 0.442 e. The first-order chi connectivity index (χ1) is 14.2. The summed E-state index contributed by atoms with van der Waals surface area (Å²) in [5, 5.41) is 8.86. The van der Waals surface area contributed by atoms with Gasteiger partial charge in [-0.3, -0.25) is 9.32 Å². The molecule has 3 aromatic rings. The summed E-state index contributed by atoms with van der Waals surface area (Å²) in [5.74, 6) is 0.237. The summed E-state index contributed by atoms with van der Waals surface area (Å²) < 4.78 is 16.6. The van der Waals surface area contributed by atoms with Gasteiger partial charge in [0.1, 0.15) is 6.54 Å². The molecule has 1 atom stereocenters. The molecule has 1 aromatic carbocycles. The molecule has 0 spiro atoms. The lowest BCUT2D eigenvalue weighted by Gasteiger charge is -2.30. The van der Waals surface area contributed by atoms with Crippen LogP contribution in [0, 0.1) is 5.41 Å². The molecule has 0 aliphatic carbocycles. The smallest absolute Gasteiger partial charge is 0.442 e. The van der Waals surface area contributed by atoms with Crippen molar-refractivity contribution in [2.24, 2.45) is 5.41 Å². The van der Waals surface area contributed by atoms with Crippen molar-refractivity contribution in [2.45, 2.75) is 33.4 Å². The molecule has 1 unspecified atom stereocenters. The van der Waals surface area contributed by atoms with Crippen molar-refractivity contribution in [1.82, 2.24) is 15.0 Å². The number of hydrogen-bond acceptors (Lipinski definition) is 7. The van der Waals surface area contributed by atoms with Crippen molar-refractivity contribution < 1.29 is 18.8 Å². The van der Waals surface area contributed by atoms with Gasteiger partial charge in [0, 0.05) is 10.4 Å². The van der Waals surface area contributed by atoms with E-state index in [0.29, 0.717) is 17.1 Å². The van der Waals surface area contributed by atoms with E-state index in [4.69, 9.17) is 14.0 Å². The van der Waals surface area contributed by atoms with Gasteiger partial charge in [-0.25, -0.2) is 9.36 Å². The second-order valence-corrected chi connectivity index (χ2v) is 8.79. The minimum Gasteiger partial charge on any atom is -0.493 e. The third kappa shape index (κ3) is 4.56. The van der Waals surface area contributed by atoms with E-state index >= 15 is 0 Å². The number of methoxy groups -OCH3 is 2. The highest BCUT2D eigenvalue weighted by atomic mass is 32.1. The molecule has 9 heteroatoms. The van der Waals surface area contributed by atoms with E-state index in [9.17, 15) is 9.59 Å². The lowest BCUT2D eigenvalue weighted by atomic mass is 9.85. The third-order valence-electron chi connectivity index (χ3n) is 4.63. The molecular formula is C21H25N3O5S. The molecule has 2 heterocycles. The maximum absolute atomic E-state index is 12.8. The highest BCUT2D eigenvalue weighted by Gasteiger charge is 2.29. The van der Waals surface area contributed by atoms with Crippen molar-refractivity contribution in [3.05, 3.63) is 51.1 Å². The van der Waals surface area contributed by atoms with Gasteiger partial charge in [-0.15, -0.1) is 11.3 Å². The van der Waals surface area contributed by atoms with E-state index in [2.05, 4.69) is 31.2 Å². The molecule has 0 bridgehead atoms. The van der Waals surface area contributed by atoms with Gasteiger partial charge in [0.15, 0.2) is 17.3 Å². The Morgan fingerprint density at radius 3 is 2.57 bits per heavy atom. The lowest BCUT2D eigenvalue weighted by Crippen LogP contribution is -2.39. The van der Waals surface area contributed by atoms with E-state index in [1.54, 1.807) is 29.5 Å². The Bertz CT molecular complexity index is 1060. The van der Waals surface area contributed by atoms with Gasteiger partial charge < -0.3 is 14.8 Å². The number of benzene rings is 1. The molecule has 0 saturated heterocycles. The van der Waals surface area contributed by atoms with Gasteiger partial charge >= 0.3 is 5.76 Å². The first kappa shape index (κ1) is 21.6. The van der Waals surface area contributed by atoms with Crippen LogP contribution in [0.15, 0.2) is 45.0 Å². The molecule has 30 heavy (non-hydrogen) atoms. The second kappa shape index (κ2) is 8.74. The molecule has 8 nitrogen and oxygen atoms in total. The third-order valence-corrected chi connectivity index (χ3v) is 5.57. The van der Waals surface area contributed by atoms with Crippen molar-refractivity contribution in [3.8, 4) is 22.9 Å². The number of rotatable bonds is 7. The number of carbonyl (C=O) groups is 1. The number of nitrogens with zero attached hydrogens (tertiary/aromatic N) is 2. The molecule has 3 rings (SSSR count). The van der Waals surface area contributed by atoms with Crippen LogP contribution in [0.1, 0.15) is 31.7 Å². The Labute approximate surface area is 178 Å². The lowest BCUT2D eigenvalue weighted by molar-refractivity contribution is -0.123. The maximum atomic E-state index is 12.8. The number of nitrogens with one attached hydrogen (secondary N) is 1. The molecular weight excluding hydrogens is 406 g/mol. The molecule has 160 valence electrons. The topological polar surface area (TPSA) is 95.6 Å². The summed E-state index contributed by atoms with van der Waals surface area (Å²) in [5.41, 5.74) is 0.365. The van der Waals surface area contributed by atoms with Crippen molar-refractivity contribution in [1.29, 1.82) is 0 Å². The predicted octanol–water partition coefficient (Wildman–Crippen LogP) is 3.49. The first-order valence-electron chi connectivity index (χ1n) is 9.36. The number of ether oxygens (including phenoxy) is 2. The van der Waals surface area contributed by atoms with E-state index in [1.807, 2.05) is 17.5 Å². The van der Waals surface area contributed by atoms with Gasteiger partial charge in [-0.2, -0.15) is 0 Å². The summed E-state index contributed by atoms with van der Waals surface area (Å²) in [7, 11) is 3.05. The summed E-state index contributed by atoms with van der Waals surface area (Å²) in [4.78, 5) is 26.1. The molecule has 1 N–H and O–H groups in total. The Hall–Kier alpha value is -3.07. The van der Waals surface area contributed by atoms with Crippen molar-refractivity contribution in [2.75, 3.05) is 14.2 Å². The SMILES string of the molecule is COc1ccc(-c2noc(=O)n2CC(=O)NC(c2cccs2)C(C)(C)C)cc1OC. The first-order valence-corrected chi connectivity index (χ1v) is 10.2. The zero-order valence-corrected chi connectivity index (χ0v) is 18.4. The van der Waals surface area contributed by atoms with Gasteiger partial charge in [-0.1, -0.05) is 32.0 Å². The average Bonchev–Trinajstić information content (AvgIpc) is 3.35. The van der Waals surface area contributed by atoms with Crippen LogP contribution < -0.4 is 20.5 Å². The summed E-state index contributed by atoms with van der Waals surface area (Å²) >= 11 is 1.58. The Kier molecular flexibility index (Phi) is 6.31. The molecule has 0 aliphatic rings. The van der Waals surface area contributed by atoms with Crippen LogP contribution in [-0.2, 0) is 11.3 Å². The van der Waals surface area contributed by atoms with Gasteiger partial charge in [-0.05, 0) is 35.1 Å². The standard InChI is InChI=1S/C21H25N3O5S/c1-21(2,3)18(16-7-6-10-30-16)22-17(25)12-24-19(23-29-20(24)26)13-8-9-14(27-4)15(11-13)28-5/h6-11,18H,12H2,1-5H3,(H,22,25). The average molecular weight is 432 g/mol. The van der Waals surface area contributed by atoms with E-state index < -0.39 is 5.76 Å². The largest absolute Gasteiger partial charge is 0.493 e. The van der Waals surface area contributed by atoms with Crippen LogP contribution in [0.3, 0.4) is 0 Å². The van der Waals surface area contributed by atoms with Crippen LogP contribution in [0.5, 0.6) is 11.5 Å². The zero-order valence-electron chi connectivity index (χ0n) is 17.6.